The lowest BCUT2D eigenvalue weighted by Gasteiger charge is -2.28. The van der Waals surface area contributed by atoms with Crippen molar-refractivity contribution in [1.82, 2.24) is 4.98 Å². The fourth-order valence-corrected chi connectivity index (χ4v) is 2.55. The quantitative estimate of drug-likeness (QED) is 0.867. The Kier molecular flexibility index (Phi) is 4.35. The standard InChI is InChI=1S/C14H17N3O2/c15-8-10-6-7-12(16-9-10)17-13(14(18)19)11-4-2-1-3-5-11/h6-7,9,11,13H,1-5H2,(H,16,17)(H,18,19). The highest BCUT2D eigenvalue weighted by atomic mass is 16.4. The van der Waals surface area contributed by atoms with Gasteiger partial charge in [0.15, 0.2) is 0 Å². The molecule has 1 heterocycles. The molecule has 1 aromatic heterocycles. The van der Waals surface area contributed by atoms with Crippen molar-refractivity contribution in [1.29, 1.82) is 5.26 Å². The first-order valence-electron chi connectivity index (χ1n) is 6.56. The molecule has 1 aliphatic rings. The van der Waals surface area contributed by atoms with Crippen LogP contribution in [0.15, 0.2) is 18.3 Å². The van der Waals surface area contributed by atoms with Gasteiger partial charge in [-0.3, -0.25) is 0 Å². The Morgan fingerprint density at radius 2 is 2.16 bits per heavy atom. The number of rotatable bonds is 4. The number of carboxylic acid groups (broad SMARTS) is 1. The van der Waals surface area contributed by atoms with Gasteiger partial charge in [-0.2, -0.15) is 5.26 Å². The van der Waals surface area contributed by atoms with Crippen LogP contribution < -0.4 is 5.32 Å². The molecule has 0 radical (unpaired) electrons. The summed E-state index contributed by atoms with van der Waals surface area (Å²) in [5.74, 6) is -0.168. The number of hydrogen-bond donors (Lipinski definition) is 2. The smallest absolute Gasteiger partial charge is 0.326 e. The van der Waals surface area contributed by atoms with Crippen molar-refractivity contribution in [2.24, 2.45) is 5.92 Å². The molecule has 1 unspecified atom stereocenters. The summed E-state index contributed by atoms with van der Waals surface area (Å²) in [6.07, 6.45) is 6.72. The Bertz CT molecular complexity index is 472. The molecule has 1 atom stereocenters. The number of aliphatic carboxylic acids is 1. The Balaban J connectivity index is 2.07. The summed E-state index contributed by atoms with van der Waals surface area (Å²) >= 11 is 0. The number of hydrogen-bond acceptors (Lipinski definition) is 4. The van der Waals surface area contributed by atoms with Crippen molar-refractivity contribution >= 4 is 11.8 Å². The molecule has 0 saturated heterocycles. The minimum atomic E-state index is -0.835. The van der Waals surface area contributed by atoms with Crippen molar-refractivity contribution in [3.05, 3.63) is 23.9 Å². The lowest BCUT2D eigenvalue weighted by Crippen LogP contribution is -2.38. The van der Waals surface area contributed by atoms with Gasteiger partial charge in [-0.25, -0.2) is 9.78 Å². The van der Waals surface area contributed by atoms with Crippen LogP contribution in [-0.4, -0.2) is 22.1 Å². The van der Waals surface area contributed by atoms with E-state index in [1.54, 1.807) is 12.1 Å². The Morgan fingerprint density at radius 1 is 1.42 bits per heavy atom. The van der Waals surface area contributed by atoms with E-state index < -0.39 is 12.0 Å². The minimum absolute atomic E-state index is 0.156. The fourth-order valence-electron chi connectivity index (χ4n) is 2.55. The van der Waals surface area contributed by atoms with Crippen LogP contribution in [-0.2, 0) is 4.79 Å². The van der Waals surface area contributed by atoms with Crippen LogP contribution in [0, 0.1) is 17.2 Å². The topological polar surface area (TPSA) is 86.0 Å². The van der Waals surface area contributed by atoms with Crippen LogP contribution in [0.4, 0.5) is 5.82 Å². The first-order chi connectivity index (χ1) is 9.20. The van der Waals surface area contributed by atoms with Crippen molar-refractivity contribution < 1.29 is 9.90 Å². The number of carboxylic acids is 1. The first kappa shape index (κ1) is 13.3. The van der Waals surface area contributed by atoms with Gasteiger partial charge in [-0.05, 0) is 30.9 Å². The molecule has 0 bridgehead atoms. The summed E-state index contributed by atoms with van der Waals surface area (Å²) in [4.78, 5) is 15.5. The predicted octanol–water partition coefficient (Wildman–Crippen LogP) is 2.40. The molecular weight excluding hydrogens is 242 g/mol. The molecule has 100 valence electrons. The monoisotopic (exact) mass is 259 g/mol. The minimum Gasteiger partial charge on any atom is -0.480 e. The molecule has 1 fully saturated rings. The SMILES string of the molecule is N#Cc1ccc(NC(C(=O)O)C2CCCCC2)nc1. The lowest BCUT2D eigenvalue weighted by atomic mass is 9.84. The largest absolute Gasteiger partial charge is 0.480 e. The zero-order chi connectivity index (χ0) is 13.7. The number of nitrogens with one attached hydrogen (secondary N) is 1. The summed E-state index contributed by atoms with van der Waals surface area (Å²) in [7, 11) is 0. The second-order valence-electron chi connectivity index (χ2n) is 4.90. The van der Waals surface area contributed by atoms with Crippen LogP contribution in [0.3, 0.4) is 0 Å². The van der Waals surface area contributed by atoms with Gasteiger partial charge < -0.3 is 10.4 Å². The average molecular weight is 259 g/mol. The van der Waals surface area contributed by atoms with E-state index in [9.17, 15) is 9.90 Å². The third-order valence-electron chi connectivity index (χ3n) is 3.58. The molecule has 1 aromatic rings. The molecule has 2 N–H and O–H groups in total. The van der Waals surface area contributed by atoms with E-state index in [0.717, 1.165) is 25.7 Å². The van der Waals surface area contributed by atoms with Gasteiger partial charge >= 0.3 is 5.97 Å². The number of aromatic nitrogens is 1. The molecule has 0 amide bonds. The van der Waals surface area contributed by atoms with E-state index in [4.69, 9.17) is 5.26 Å². The molecule has 5 heteroatoms. The molecule has 0 spiro atoms. The summed E-state index contributed by atoms with van der Waals surface area (Å²) < 4.78 is 0. The Hall–Kier alpha value is -2.09. The predicted molar refractivity (Wildman–Crippen MR) is 70.6 cm³/mol. The molecule has 5 nitrogen and oxygen atoms in total. The van der Waals surface area contributed by atoms with Crippen LogP contribution in [0.2, 0.25) is 0 Å². The van der Waals surface area contributed by atoms with E-state index in [0.29, 0.717) is 11.4 Å². The average Bonchev–Trinajstić information content (AvgIpc) is 2.46. The van der Waals surface area contributed by atoms with E-state index in [1.165, 1.54) is 12.6 Å². The van der Waals surface area contributed by atoms with Gasteiger partial charge in [0.1, 0.15) is 17.9 Å². The van der Waals surface area contributed by atoms with E-state index in [1.807, 2.05) is 6.07 Å². The van der Waals surface area contributed by atoms with E-state index in [2.05, 4.69) is 10.3 Å². The maximum atomic E-state index is 11.4. The molecule has 2 rings (SSSR count). The van der Waals surface area contributed by atoms with Gasteiger partial charge in [-0.1, -0.05) is 19.3 Å². The Morgan fingerprint density at radius 3 is 2.68 bits per heavy atom. The van der Waals surface area contributed by atoms with Crippen molar-refractivity contribution in [3.8, 4) is 6.07 Å². The van der Waals surface area contributed by atoms with Crippen molar-refractivity contribution in [2.45, 2.75) is 38.1 Å². The Labute approximate surface area is 112 Å². The van der Waals surface area contributed by atoms with Crippen molar-refractivity contribution in [3.63, 3.8) is 0 Å². The highest BCUT2D eigenvalue weighted by Gasteiger charge is 2.29. The maximum Gasteiger partial charge on any atom is 0.326 e. The van der Waals surface area contributed by atoms with Gasteiger partial charge in [0.2, 0.25) is 0 Å². The third-order valence-corrected chi connectivity index (χ3v) is 3.58. The van der Waals surface area contributed by atoms with Crippen LogP contribution in [0.25, 0.3) is 0 Å². The maximum absolute atomic E-state index is 11.4. The van der Waals surface area contributed by atoms with E-state index >= 15 is 0 Å². The first-order valence-corrected chi connectivity index (χ1v) is 6.56. The third kappa shape index (κ3) is 3.44. The summed E-state index contributed by atoms with van der Waals surface area (Å²) in [5, 5.41) is 21.0. The molecule has 19 heavy (non-hydrogen) atoms. The highest BCUT2D eigenvalue weighted by molar-refractivity contribution is 5.77. The molecule has 0 aromatic carbocycles. The molecular formula is C14H17N3O2. The number of pyridine rings is 1. The number of nitriles is 1. The normalized spacial score (nSPS) is 17.4. The van der Waals surface area contributed by atoms with Gasteiger partial charge in [0.05, 0.1) is 5.56 Å². The van der Waals surface area contributed by atoms with E-state index in [-0.39, 0.29) is 5.92 Å². The summed E-state index contributed by atoms with van der Waals surface area (Å²) in [5.41, 5.74) is 0.468. The lowest BCUT2D eigenvalue weighted by molar-refractivity contribution is -0.139. The summed E-state index contributed by atoms with van der Waals surface area (Å²) in [6, 6.07) is 4.67. The van der Waals surface area contributed by atoms with Gasteiger partial charge in [0, 0.05) is 6.20 Å². The number of nitrogens with zero attached hydrogens (tertiary/aromatic N) is 2. The van der Waals surface area contributed by atoms with Gasteiger partial charge in [0.25, 0.3) is 0 Å². The highest BCUT2D eigenvalue weighted by Crippen LogP contribution is 2.28. The second-order valence-corrected chi connectivity index (χ2v) is 4.90. The fraction of sp³-hybridized carbons (Fsp3) is 0.500. The number of anilines is 1. The van der Waals surface area contributed by atoms with Crippen LogP contribution in [0.1, 0.15) is 37.7 Å². The molecule has 1 saturated carbocycles. The molecule has 0 aliphatic heterocycles. The zero-order valence-corrected chi connectivity index (χ0v) is 10.7. The van der Waals surface area contributed by atoms with Crippen LogP contribution >= 0.6 is 0 Å². The summed E-state index contributed by atoms with van der Waals surface area (Å²) in [6.45, 7) is 0. The molecule has 1 aliphatic carbocycles. The number of carbonyl (C=O) groups is 1. The van der Waals surface area contributed by atoms with Crippen molar-refractivity contribution in [2.75, 3.05) is 5.32 Å². The zero-order valence-electron chi connectivity index (χ0n) is 10.7. The second kappa shape index (κ2) is 6.19. The van der Waals surface area contributed by atoms with Crippen LogP contribution in [0.5, 0.6) is 0 Å². The van der Waals surface area contributed by atoms with Gasteiger partial charge in [-0.15, -0.1) is 0 Å².